The number of hydrogen-bond donors (Lipinski definition) is 0. The molecular formula is H3AlLaMoNi. The average Bonchev–Trinajstić information content (AvgIpc) is 0. The van der Waals surface area contributed by atoms with Gasteiger partial charge in [-0.15, -0.1) is 0 Å². The molecule has 0 N–H and O–H groups in total. The van der Waals surface area contributed by atoms with Gasteiger partial charge in [0.05, 0.1) is 0 Å². The van der Waals surface area contributed by atoms with Crippen LogP contribution in [-0.2, 0) is 37.6 Å². The number of hydrogen-bond acceptors (Lipinski definition) is 0. The van der Waals surface area contributed by atoms with Gasteiger partial charge in [-0.1, -0.05) is 0 Å². The quantitative estimate of drug-likeness (QED) is 0.492. The van der Waals surface area contributed by atoms with Crippen LogP contribution in [0.1, 0.15) is 0 Å². The molecule has 0 saturated carbocycles. The standard InChI is InChI=1S/Al.La.Mo.Ni.3H. The third-order valence-corrected chi connectivity index (χ3v) is 0. The second kappa shape index (κ2) is 16.8. The summed E-state index contributed by atoms with van der Waals surface area (Å²) in [7, 11) is 0. The SMILES string of the molecule is [AlH3].[La].[Mo].[Ni]. The van der Waals surface area contributed by atoms with Crippen LogP contribution >= 0.6 is 0 Å². The zero-order chi connectivity index (χ0) is 0. The third kappa shape index (κ3) is 8.86. The molecule has 0 fully saturated rings. The van der Waals surface area contributed by atoms with Gasteiger partial charge in [-0.05, 0) is 0 Å². The topological polar surface area (TPSA) is 0 Å². The first-order valence-electron chi connectivity index (χ1n) is 0. The van der Waals surface area contributed by atoms with Crippen molar-refractivity contribution in [1.82, 2.24) is 0 Å². The molecule has 0 atom stereocenters. The van der Waals surface area contributed by atoms with Crippen LogP contribution in [0.25, 0.3) is 0 Å². The van der Waals surface area contributed by atoms with E-state index >= 15 is 0 Å². The van der Waals surface area contributed by atoms with Gasteiger partial charge in [-0.2, -0.15) is 0 Å². The Morgan fingerprint density at radius 2 is 1.00 bits per heavy atom. The molecule has 0 rings (SSSR count). The largest absolute Gasteiger partial charge is 0.187 e. The fourth-order valence-corrected chi connectivity index (χ4v) is 0. The summed E-state index contributed by atoms with van der Waals surface area (Å²) in [6.45, 7) is 0. The van der Waals surface area contributed by atoms with E-state index in [9.17, 15) is 0 Å². The molecule has 4 heteroatoms. The second-order valence-electron chi connectivity index (χ2n) is 0. The van der Waals surface area contributed by atoms with Crippen LogP contribution in [0.5, 0.6) is 0 Å². The predicted octanol–water partition coefficient (Wildman–Crippen LogP) is -1.19. The van der Waals surface area contributed by atoms with Crippen molar-refractivity contribution in [1.29, 1.82) is 0 Å². The van der Waals surface area contributed by atoms with E-state index in [-0.39, 0.29) is 90.5 Å². The van der Waals surface area contributed by atoms with Gasteiger partial charge in [0.1, 0.15) is 0 Å². The van der Waals surface area contributed by atoms with Crippen LogP contribution in [0.4, 0.5) is 0 Å². The van der Waals surface area contributed by atoms with E-state index in [0.717, 1.165) is 0 Å². The Bertz CT molecular complexity index is 8.00. The molecule has 0 unspecified atom stereocenters. The van der Waals surface area contributed by atoms with Crippen molar-refractivity contribution in [2.75, 3.05) is 0 Å². The Balaban J connectivity index is 0. The fraction of sp³-hybridized carbons (Fsp3) is 0. The Kier molecular flexibility index (Phi) is 120. The summed E-state index contributed by atoms with van der Waals surface area (Å²) in [5, 5.41) is 0. The summed E-state index contributed by atoms with van der Waals surface area (Å²) in [5.41, 5.74) is 0. The van der Waals surface area contributed by atoms with Crippen LogP contribution in [0.2, 0.25) is 0 Å². The molecule has 0 nitrogen and oxygen atoms in total. The minimum Gasteiger partial charge on any atom is 0 e. The zero-order valence-corrected chi connectivity index (χ0v) is 7.92. The van der Waals surface area contributed by atoms with Crippen molar-refractivity contribution in [2.24, 2.45) is 0 Å². The molecule has 4 heavy (non-hydrogen) atoms. The molecule has 0 saturated heterocycles. The molecule has 0 heterocycles. The summed E-state index contributed by atoms with van der Waals surface area (Å²) in [5.74, 6) is 0. The summed E-state index contributed by atoms with van der Waals surface area (Å²) < 4.78 is 0. The van der Waals surface area contributed by atoms with Gasteiger partial charge in [0.15, 0.2) is 17.4 Å². The van der Waals surface area contributed by atoms with Gasteiger partial charge < -0.3 is 0 Å². The summed E-state index contributed by atoms with van der Waals surface area (Å²) in [6, 6.07) is 0. The average molecular weight is 324 g/mol. The molecular weight excluding hydrogens is 321 g/mol. The molecule has 0 aromatic carbocycles. The van der Waals surface area contributed by atoms with Crippen LogP contribution in [0.3, 0.4) is 0 Å². The molecule has 0 aliphatic carbocycles. The minimum atomic E-state index is 0. The van der Waals surface area contributed by atoms with Crippen molar-refractivity contribution in [3.8, 4) is 0 Å². The van der Waals surface area contributed by atoms with E-state index in [1.54, 1.807) is 0 Å². The van der Waals surface area contributed by atoms with Crippen LogP contribution in [0, 0.1) is 35.6 Å². The molecule has 0 aromatic rings. The van der Waals surface area contributed by atoms with Gasteiger partial charge in [-0.3, -0.25) is 0 Å². The normalized spacial score (nSPS) is 0. The molecule has 0 amide bonds. The van der Waals surface area contributed by atoms with E-state index in [2.05, 4.69) is 0 Å². The van der Waals surface area contributed by atoms with Crippen molar-refractivity contribution in [2.45, 2.75) is 0 Å². The molecule has 0 spiro atoms. The van der Waals surface area contributed by atoms with Gasteiger partial charge >= 0.3 is 0 Å². The maximum atomic E-state index is 0. The molecule has 0 aromatic heterocycles. The summed E-state index contributed by atoms with van der Waals surface area (Å²) in [4.78, 5) is 0. The van der Waals surface area contributed by atoms with Crippen molar-refractivity contribution >= 4 is 17.4 Å². The van der Waals surface area contributed by atoms with Gasteiger partial charge in [0.25, 0.3) is 0 Å². The first-order chi connectivity index (χ1) is 0. The van der Waals surface area contributed by atoms with Gasteiger partial charge in [-0.25, -0.2) is 0 Å². The van der Waals surface area contributed by atoms with E-state index < -0.39 is 0 Å². The van der Waals surface area contributed by atoms with Crippen LogP contribution < -0.4 is 0 Å². The van der Waals surface area contributed by atoms with E-state index in [4.69, 9.17) is 0 Å². The Morgan fingerprint density at radius 3 is 1.00 bits per heavy atom. The zero-order valence-electron chi connectivity index (χ0n) is 1.30. The van der Waals surface area contributed by atoms with E-state index in [1.165, 1.54) is 0 Å². The van der Waals surface area contributed by atoms with E-state index in [0.29, 0.717) is 0 Å². The Hall–Kier alpha value is 2.91. The summed E-state index contributed by atoms with van der Waals surface area (Å²) in [6.07, 6.45) is 0. The second-order valence-corrected chi connectivity index (χ2v) is 0. The molecule has 1 radical (unpaired) electrons. The Labute approximate surface area is 88.8 Å². The smallest absolute Gasteiger partial charge is 0 e. The first kappa shape index (κ1) is 28.5. The van der Waals surface area contributed by atoms with Gasteiger partial charge in [0, 0.05) is 73.2 Å². The minimum absolute atomic E-state index is 0. The van der Waals surface area contributed by atoms with Crippen molar-refractivity contribution < 1.29 is 73.2 Å². The number of rotatable bonds is 0. The van der Waals surface area contributed by atoms with Crippen LogP contribution in [-0.4, -0.2) is 17.4 Å². The Morgan fingerprint density at radius 1 is 1.00 bits per heavy atom. The fourth-order valence-electron chi connectivity index (χ4n) is 0. The maximum absolute atomic E-state index is 0. The molecule has 25 valence electrons. The van der Waals surface area contributed by atoms with Gasteiger partial charge in [0.2, 0.25) is 0 Å². The van der Waals surface area contributed by atoms with Crippen molar-refractivity contribution in [3.63, 3.8) is 0 Å². The first-order valence-corrected chi connectivity index (χ1v) is 0. The summed E-state index contributed by atoms with van der Waals surface area (Å²) >= 11 is 0. The van der Waals surface area contributed by atoms with Crippen LogP contribution in [0.15, 0.2) is 0 Å². The van der Waals surface area contributed by atoms with Crippen molar-refractivity contribution in [3.05, 3.63) is 0 Å². The van der Waals surface area contributed by atoms with E-state index in [1.807, 2.05) is 0 Å². The monoisotopic (exact) mass is 325 g/mol. The predicted molar refractivity (Wildman–Crippen MR) is 9.94 cm³/mol. The third-order valence-electron chi connectivity index (χ3n) is 0. The molecule has 0 aliphatic rings. The molecule has 0 aliphatic heterocycles. The maximum Gasteiger partial charge on any atom is 0.187 e. The molecule has 0 bridgehead atoms.